The monoisotopic (exact) mass is 405 g/mol. The maximum atomic E-state index is 12.2. The van der Waals surface area contributed by atoms with Crippen LogP contribution >= 0.6 is 15.9 Å². The first-order valence-electron chi connectivity index (χ1n) is 8.35. The molecule has 0 spiro atoms. The first-order valence-corrected chi connectivity index (χ1v) is 9.14. The minimum absolute atomic E-state index is 0.0419. The summed E-state index contributed by atoms with van der Waals surface area (Å²) in [5.41, 5.74) is 2.67. The Hall–Kier alpha value is -2.01. The summed E-state index contributed by atoms with van der Waals surface area (Å²) in [5.74, 6) is 1.28. The number of amides is 1. The molecular formula is C20H24BrNO3. The van der Waals surface area contributed by atoms with Gasteiger partial charge in [0.2, 0.25) is 0 Å². The summed E-state index contributed by atoms with van der Waals surface area (Å²) in [4.78, 5) is 12.2. The molecule has 5 heteroatoms. The van der Waals surface area contributed by atoms with E-state index >= 15 is 0 Å². The maximum absolute atomic E-state index is 12.2. The van der Waals surface area contributed by atoms with Crippen molar-refractivity contribution in [1.29, 1.82) is 0 Å². The number of hydrogen-bond acceptors (Lipinski definition) is 3. The molecule has 0 bridgehead atoms. The molecule has 0 heterocycles. The van der Waals surface area contributed by atoms with Crippen LogP contribution in [0, 0.1) is 13.8 Å². The Labute approximate surface area is 157 Å². The molecule has 0 aliphatic heterocycles. The van der Waals surface area contributed by atoms with Gasteiger partial charge in [-0.2, -0.15) is 0 Å². The van der Waals surface area contributed by atoms with Gasteiger partial charge in [-0.05, 0) is 62.6 Å². The molecule has 0 saturated heterocycles. The first kappa shape index (κ1) is 19.3. The zero-order chi connectivity index (χ0) is 18.4. The molecule has 134 valence electrons. The first-order chi connectivity index (χ1) is 11.9. The number of halogens is 1. The number of anilines is 1. The molecule has 0 saturated carbocycles. The van der Waals surface area contributed by atoms with Crippen LogP contribution in [0.5, 0.6) is 11.5 Å². The summed E-state index contributed by atoms with van der Waals surface area (Å²) in [6.45, 7) is 7.96. The van der Waals surface area contributed by atoms with Gasteiger partial charge in [-0.1, -0.05) is 28.9 Å². The van der Waals surface area contributed by atoms with Gasteiger partial charge in [-0.3, -0.25) is 4.79 Å². The molecule has 4 nitrogen and oxygen atoms in total. The second-order valence-corrected chi connectivity index (χ2v) is 6.99. The molecule has 1 unspecified atom stereocenters. The highest BCUT2D eigenvalue weighted by molar-refractivity contribution is 9.10. The third kappa shape index (κ3) is 5.78. The molecule has 2 aromatic carbocycles. The van der Waals surface area contributed by atoms with Gasteiger partial charge in [0.15, 0.2) is 6.61 Å². The van der Waals surface area contributed by atoms with E-state index in [0.29, 0.717) is 5.69 Å². The van der Waals surface area contributed by atoms with Crippen molar-refractivity contribution in [2.45, 2.75) is 40.2 Å². The zero-order valence-electron chi connectivity index (χ0n) is 15.1. The normalized spacial score (nSPS) is 11.7. The van der Waals surface area contributed by atoms with Crippen molar-refractivity contribution in [2.24, 2.45) is 0 Å². The van der Waals surface area contributed by atoms with E-state index in [9.17, 15) is 4.79 Å². The lowest BCUT2D eigenvalue weighted by Crippen LogP contribution is -2.20. The second kappa shape index (κ2) is 8.90. The van der Waals surface area contributed by atoms with Gasteiger partial charge in [0.1, 0.15) is 11.5 Å². The van der Waals surface area contributed by atoms with E-state index < -0.39 is 0 Å². The highest BCUT2D eigenvalue weighted by Crippen LogP contribution is 2.27. The molecule has 2 rings (SSSR count). The smallest absolute Gasteiger partial charge is 0.262 e. The van der Waals surface area contributed by atoms with Crippen LogP contribution in [0.1, 0.15) is 31.4 Å². The quantitative estimate of drug-likeness (QED) is 0.682. The van der Waals surface area contributed by atoms with Crippen molar-refractivity contribution >= 4 is 27.5 Å². The minimum atomic E-state index is -0.206. The maximum Gasteiger partial charge on any atom is 0.262 e. The highest BCUT2D eigenvalue weighted by Gasteiger charge is 2.10. The van der Waals surface area contributed by atoms with Crippen molar-refractivity contribution in [3.8, 4) is 11.5 Å². The molecule has 0 aliphatic rings. The van der Waals surface area contributed by atoms with E-state index in [0.717, 1.165) is 33.5 Å². The Bertz CT molecular complexity index is 722. The van der Waals surface area contributed by atoms with Crippen molar-refractivity contribution in [3.63, 3.8) is 0 Å². The summed E-state index contributed by atoms with van der Waals surface area (Å²) in [6.07, 6.45) is 1.06. The molecule has 1 atom stereocenters. The van der Waals surface area contributed by atoms with E-state index in [1.54, 1.807) is 0 Å². The van der Waals surface area contributed by atoms with E-state index in [2.05, 4.69) is 28.2 Å². The zero-order valence-corrected chi connectivity index (χ0v) is 16.6. The average Bonchev–Trinajstić information content (AvgIpc) is 2.54. The number of benzene rings is 2. The van der Waals surface area contributed by atoms with Crippen LogP contribution < -0.4 is 14.8 Å². The summed E-state index contributed by atoms with van der Waals surface area (Å²) >= 11 is 3.45. The molecule has 0 aromatic heterocycles. The largest absolute Gasteiger partial charge is 0.491 e. The number of aryl methyl sites for hydroxylation is 2. The van der Waals surface area contributed by atoms with Gasteiger partial charge in [0, 0.05) is 16.2 Å². The lowest BCUT2D eigenvalue weighted by atomic mass is 10.1. The van der Waals surface area contributed by atoms with Crippen LogP contribution in [0.25, 0.3) is 0 Å². The van der Waals surface area contributed by atoms with E-state index in [1.807, 2.05) is 57.2 Å². The number of ether oxygens (including phenoxy) is 2. The van der Waals surface area contributed by atoms with E-state index in [4.69, 9.17) is 9.47 Å². The van der Waals surface area contributed by atoms with E-state index in [-0.39, 0.29) is 18.6 Å². The Morgan fingerprint density at radius 3 is 2.52 bits per heavy atom. The number of hydrogen-bond donors (Lipinski definition) is 1. The molecule has 0 radical (unpaired) electrons. The minimum Gasteiger partial charge on any atom is -0.491 e. The fourth-order valence-electron chi connectivity index (χ4n) is 2.42. The number of carbonyl (C=O) groups is 1. The van der Waals surface area contributed by atoms with E-state index in [1.165, 1.54) is 0 Å². The fraction of sp³-hybridized carbons (Fsp3) is 0.350. The van der Waals surface area contributed by atoms with Gasteiger partial charge >= 0.3 is 0 Å². The third-order valence-electron chi connectivity index (χ3n) is 3.80. The van der Waals surface area contributed by atoms with Gasteiger partial charge < -0.3 is 14.8 Å². The van der Waals surface area contributed by atoms with Crippen LogP contribution in [0.3, 0.4) is 0 Å². The summed E-state index contributed by atoms with van der Waals surface area (Å²) in [5, 5.41) is 2.84. The molecule has 0 aliphatic carbocycles. The van der Waals surface area contributed by atoms with Crippen LogP contribution in [0.15, 0.2) is 40.9 Å². The Morgan fingerprint density at radius 2 is 1.88 bits per heavy atom. The lowest BCUT2D eigenvalue weighted by Gasteiger charge is -2.14. The Kier molecular flexibility index (Phi) is 6.88. The predicted molar refractivity (Wildman–Crippen MR) is 105 cm³/mol. The standard InChI is InChI=1S/C20H24BrNO3/c1-5-15(4)25-18-8-6-7-17(11-18)22-19(23)12-24-20-13(2)9-16(21)10-14(20)3/h6-11,15H,5,12H2,1-4H3,(H,22,23). The average molecular weight is 406 g/mol. The van der Waals surface area contributed by atoms with Crippen molar-refractivity contribution in [3.05, 3.63) is 52.0 Å². The number of carbonyl (C=O) groups excluding carboxylic acids is 1. The molecule has 25 heavy (non-hydrogen) atoms. The molecule has 1 N–H and O–H groups in total. The van der Waals surface area contributed by atoms with Crippen molar-refractivity contribution in [2.75, 3.05) is 11.9 Å². The van der Waals surface area contributed by atoms with Gasteiger partial charge in [-0.25, -0.2) is 0 Å². The Balaban J connectivity index is 1.96. The van der Waals surface area contributed by atoms with Crippen molar-refractivity contribution in [1.82, 2.24) is 0 Å². The fourth-order valence-corrected chi connectivity index (χ4v) is 3.11. The second-order valence-electron chi connectivity index (χ2n) is 6.07. The molecule has 1 amide bonds. The number of nitrogens with one attached hydrogen (secondary N) is 1. The predicted octanol–water partition coefficient (Wildman–Crippen LogP) is 5.26. The topological polar surface area (TPSA) is 47.6 Å². The number of rotatable bonds is 7. The summed E-state index contributed by atoms with van der Waals surface area (Å²) < 4.78 is 12.5. The van der Waals surface area contributed by atoms with Crippen LogP contribution in [0.4, 0.5) is 5.69 Å². The van der Waals surface area contributed by atoms with Crippen LogP contribution in [0.2, 0.25) is 0 Å². The van der Waals surface area contributed by atoms with Gasteiger partial charge in [0.05, 0.1) is 6.10 Å². The van der Waals surface area contributed by atoms with Gasteiger partial charge in [-0.15, -0.1) is 0 Å². The molecular weight excluding hydrogens is 382 g/mol. The third-order valence-corrected chi connectivity index (χ3v) is 4.26. The lowest BCUT2D eigenvalue weighted by molar-refractivity contribution is -0.118. The summed E-state index contributed by atoms with van der Waals surface area (Å²) in [6, 6.07) is 11.3. The molecule has 2 aromatic rings. The summed E-state index contributed by atoms with van der Waals surface area (Å²) in [7, 11) is 0. The van der Waals surface area contributed by atoms with Crippen LogP contribution in [-0.2, 0) is 4.79 Å². The van der Waals surface area contributed by atoms with Gasteiger partial charge in [0.25, 0.3) is 5.91 Å². The van der Waals surface area contributed by atoms with Crippen LogP contribution in [-0.4, -0.2) is 18.6 Å². The molecule has 0 fully saturated rings. The SMILES string of the molecule is CCC(C)Oc1cccc(NC(=O)COc2c(C)cc(Br)cc2C)c1. The van der Waals surface area contributed by atoms with Crippen molar-refractivity contribution < 1.29 is 14.3 Å². The highest BCUT2D eigenvalue weighted by atomic mass is 79.9. The Morgan fingerprint density at radius 1 is 1.20 bits per heavy atom.